The van der Waals surface area contributed by atoms with Crippen molar-refractivity contribution in [3.05, 3.63) is 89.7 Å². The molecule has 8 nitrogen and oxygen atoms in total. The van der Waals surface area contributed by atoms with E-state index in [4.69, 9.17) is 21.7 Å². The second-order valence-electron chi connectivity index (χ2n) is 11.0. The van der Waals surface area contributed by atoms with E-state index in [1.807, 2.05) is 35.2 Å². The lowest BCUT2D eigenvalue weighted by molar-refractivity contribution is -0.149. The van der Waals surface area contributed by atoms with Crippen LogP contribution in [0.1, 0.15) is 49.3 Å². The monoisotopic (exact) mass is 604 g/mol. The first-order chi connectivity index (χ1) is 20.8. The Morgan fingerprint density at radius 1 is 1.02 bits per heavy atom. The fourth-order valence-electron chi connectivity index (χ4n) is 6.02. The molecule has 1 atom stereocenters. The molecule has 0 unspecified atom stereocenters. The second-order valence-corrected chi connectivity index (χ2v) is 11.4. The third-order valence-corrected chi connectivity index (χ3v) is 8.76. The van der Waals surface area contributed by atoms with E-state index in [0.717, 1.165) is 24.8 Å². The predicted molar refractivity (Wildman–Crippen MR) is 167 cm³/mol. The van der Waals surface area contributed by atoms with Crippen molar-refractivity contribution in [3.8, 4) is 11.5 Å². The maximum atomic E-state index is 15.0. The van der Waals surface area contributed by atoms with Crippen LogP contribution in [0.25, 0.3) is 0 Å². The molecule has 3 aromatic rings. The molecule has 0 aromatic heterocycles. The number of carbonyl (C=O) groups excluding carboxylic acids is 2. The Hall–Kier alpha value is -4.18. The van der Waals surface area contributed by atoms with Gasteiger partial charge in [-0.2, -0.15) is 0 Å². The van der Waals surface area contributed by atoms with Gasteiger partial charge in [0.1, 0.15) is 22.9 Å². The SMILES string of the molecule is COc1ccc(NC(=O)C2(N(Cc3ccccc3F)C(=O)CN3C[C@H](c4ccccc4)NC3=S)CCCCC2)c(OC)c1. The molecular weight excluding hydrogens is 567 g/mol. The van der Waals surface area contributed by atoms with Gasteiger partial charge in [-0.25, -0.2) is 4.39 Å². The van der Waals surface area contributed by atoms with Crippen molar-refractivity contribution in [2.24, 2.45) is 0 Å². The molecule has 0 radical (unpaired) electrons. The molecule has 0 spiro atoms. The van der Waals surface area contributed by atoms with Crippen molar-refractivity contribution >= 4 is 34.8 Å². The molecule has 1 aliphatic heterocycles. The minimum atomic E-state index is -1.20. The first-order valence-electron chi connectivity index (χ1n) is 14.5. The molecule has 1 aliphatic carbocycles. The van der Waals surface area contributed by atoms with Crippen LogP contribution in [-0.2, 0) is 16.1 Å². The summed E-state index contributed by atoms with van der Waals surface area (Å²) in [7, 11) is 3.07. The molecule has 43 heavy (non-hydrogen) atoms. The summed E-state index contributed by atoms with van der Waals surface area (Å²) in [5, 5.41) is 6.81. The number of rotatable bonds is 10. The highest BCUT2D eigenvalue weighted by Crippen LogP contribution is 2.38. The first-order valence-corrected chi connectivity index (χ1v) is 14.9. The lowest BCUT2D eigenvalue weighted by atomic mass is 9.78. The molecule has 226 valence electrons. The average Bonchev–Trinajstić information content (AvgIpc) is 3.40. The molecule has 3 aromatic carbocycles. The summed E-state index contributed by atoms with van der Waals surface area (Å²) in [6, 6.07) is 21.4. The van der Waals surface area contributed by atoms with Crippen LogP contribution in [0.3, 0.4) is 0 Å². The molecule has 10 heteroatoms. The van der Waals surface area contributed by atoms with Gasteiger partial charge in [0.25, 0.3) is 0 Å². The van der Waals surface area contributed by atoms with Crippen LogP contribution in [0, 0.1) is 5.82 Å². The fraction of sp³-hybridized carbons (Fsp3) is 0.364. The highest BCUT2D eigenvalue weighted by Gasteiger charge is 2.48. The highest BCUT2D eigenvalue weighted by molar-refractivity contribution is 7.80. The van der Waals surface area contributed by atoms with Gasteiger partial charge in [-0.05, 0) is 48.8 Å². The molecule has 5 rings (SSSR count). The second kappa shape index (κ2) is 13.4. The van der Waals surface area contributed by atoms with Gasteiger partial charge in [0.2, 0.25) is 11.8 Å². The van der Waals surface area contributed by atoms with Crippen LogP contribution >= 0.6 is 12.2 Å². The number of ether oxygens (including phenoxy) is 2. The first kappa shape index (κ1) is 30.3. The zero-order chi connectivity index (χ0) is 30.4. The van der Waals surface area contributed by atoms with E-state index in [-0.39, 0.29) is 30.9 Å². The molecule has 1 saturated heterocycles. The Morgan fingerprint density at radius 3 is 2.44 bits per heavy atom. The summed E-state index contributed by atoms with van der Waals surface area (Å²) in [4.78, 5) is 32.1. The fourth-order valence-corrected chi connectivity index (χ4v) is 6.30. The van der Waals surface area contributed by atoms with E-state index in [1.165, 1.54) is 13.2 Å². The van der Waals surface area contributed by atoms with Crippen LogP contribution in [-0.4, -0.2) is 59.6 Å². The molecule has 1 saturated carbocycles. The zero-order valence-corrected chi connectivity index (χ0v) is 25.3. The number of nitrogens with zero attached hydrogens (tertiary/aromatic N) is 2. The predicted octanol–water partition coefficient (Wildman–Crippen LogP) is 5.44. The molecule has 2 aliphatic rings. The van der Waals surface area contributed by atoms with Crippen molar-refractivity contribution in [2.45, 2.75) is 50.2 Å². The number of hydrogen-bond acceptors (Lipinski definition) is 5. The van der Waals surface area contributed by atoms with Gasteiger partial charge in [-0.3, -0.25) is 9.59 Å². The molecule has 2 amide bonds. The van der Waals surface area contributed by atoms with Crippen LogP contribution in [0.5, 0.6) is 11.5 Å². The molecular formula is C33H37FN4O4S. The van der Waals surface area contributed by atoms with E-state index in [0.29, 0.717) is 47.2 Å². The van der Waals surface area contributed by atoms with Crippen LogP contribution in [0.2, 0.25) is 0 Å². The number of anilines is 1. The molecule has 2 N–H and O–H groups in total. The molecule has 0 bridgehead atoms. The number of methoxy groups -OCH3 is 2. The lowest BCUT2D eigenvalue weighted by Crippen LogP contribution is -2.61. The van der Waals surface area contributed by atoms with Gasteiger partial charge in [-0.15, -0.1) is 0 Å². The Kier molecular flexibility index (Phi) is 9.45. The van der Waals surface area contributed by atoms with Gasteiger partial charge in [0, 0.05) is 24.7 Å². The number of halogens is 1. The normalized spacial score (nSPS) is 17.6. The summed E-state index contributed by atoms with van der Waals surface area (Å²) in [6.07, 6.45) is 3.36. The van der Waals surface area contributed by atoms with Crippen LogP contribution in [0.15, 0.2) is 72.8 Å². The smallest absolute Gasteiger partial charge is 0.250 e. The number of carbonyl (C=O) groups is 2. The minimum absolute atomic E-state index is 0.0372. The number of nitrogens with one attached hydrogen (secondary N) is 2. The van der Waals surface area contributed by atoms with Crippen molar-refractivity contribution in [1.82, 2.24) is 15.1 Å². The van der Waals surface area contributed by atoms with Gasteiger partial charge >= 0.3 is 0 Å². The quantitative estimate of drug-likeness (QED) is 0.298. The summed E-state index contributed by atoms with van der Waals surface area (Å²) < 4.78 is 25.9. The third kappa shape index (κ3) is 6.59. The standard InChI is InChI=1S/C33H37FN4O4S/c1-41-25-15-16-27(29(19-25)42-2)35-31(40)33(17-9-4-10-18-33)38(20-24-13-7-8-14-26(24)34)30(39)22-37-21-28(36-32(37)43)23-11-5-3-6-12-23/h3,5-8,11-16,19,28H,4,9-10,17-18,20-22H2,1-2H3,(H,35,40)(H,36,43)/t28-/m1/s1. The highest BCUT2D eigenvalue weighted by atomic mass is 32.1. The van der Waals surface area contributed by atoms with Crippen LogP contribution in [0.4, 0.5) is 10.1 Å². The van der Waals surface area contributed by atoms with E-state index < -0.39 is 11.4 Å². The maximum Gasteiger partial charge on any atom is 0.250 e. The van der Waals surface area contributed by atoms with Gasteiger partial charge in [0.15, 0.2) is 5.11 Å². The van der Waals surface area contributed by atoms with Gasteiger partial charge in [-0.1, -0.05) is 67.8 Å². The van der Waals surface area contributed by atoms with E-state index in [9.17, 15) is 9.59 Å². The number of thiocarbonyl (C=S) groups is 1. The summed E-state index contributed by atoms with van der Waals surface area (Å²) >= 11 is 5.62. The number of hydrogen-bond donors (Lipinski definition) is 2. The van der Waals surface area contributed by atoms with Gasteiger partial charge in [0.05, 0.1) is 32.5 Å². The van der Waals surface area contributed by atoms with Crippen molar-refractivity contribution in [2.75, 3.05) is 32.6 Å². The number of amides is 2. The Balaban J connectivity index is 1.46. The summed E-state index contributed by atoms with van der Waals surface area (Å²) in [6.45, 7) is 0.420. The minimum Gasteiger partial charge on any atom is -0.497 e. The van der Waals surface area contributed by atoms with Crippen molar-refractivity contribution in [3.63, 3.8) is 0 Å². The number of benzene rings is 3. The summed E-state index contributed by atoms with van der Waals surface area (Å²) in [5.74, 6) is -0.0239. The van der Waals surface area contributed by atoms with E-state index in [2.05, 4.69) is 10.6 Å². The maximum absolute atomic E-state index is 15.0. The van der Waals surface area contributed by atoms with Crippen molar-refractivity contribution in [1.29, 1.82) is 0 Å². The average molecular weight is 605 g/mol. The topological polar surface area (TPSA) is 83.1 Å². The van der Waals surface area contributed by atoms with Crippen LogP contribution < -0.4 is 20.1 Å². The van der Waals surface area contributed by atoms with Crippen molar-refractivity contribution < 1.29 is 23.5 Å². The lowest BCUT2D eigenvalue weighted by Gasteiger charge is -2.45. The molecule has 1 heterocycles. The zero-order valence-electron chi connectivity index (χ0n) is 24.5. The van der Waals surface area contributed by atoms with Gasteiger partial charge < -0.3 is 29.9 Å². The Bertz CT molecular complexity index is 1460. The van der Waals surface area contributed by atoms with E-state index >= 15 is 4.39 Å². The van der Waals surface area contributed by atoms with E-state index in [1.54, 1.807) is 48.4 Å². The summed E-state index contributed by atoms with van der Waals surface area (Å²) in [5.41, 5.74) is 0.683. The Labute approximate surface area is 257 Å². The molecule has 2 fully saturated rings. The Morgan fingerprint density at radius 2 is 1.74 bits per heavy atom. The third-order valence-electron chi connectivity index (χ3n) is 8.38. The largest absolute Gasteiger partial charge is 0.497 e.